The van der Waals surface area contributed by atoms with Crippen molar-refractivity contribution in [1.82, 2.24) is 0 Å². The van der Waals surface area contributed by atoms with Crippen LogP contribution in [0.4, 0.5) is 0 Å². The SMILES string of the molecule is CC1CC(C)CC2(CC(=O)C=CO2)C1. The van der Waals surface area contributed by atoms with Gasteiger partial charge in [-0.3, -0.25) is 4.79 Å². The predicted octanol–water partition coefficient (Wildman–Crippen LogP) is 2.68. The first-order valence-electron chi connectivity index (χ1n) is 5.47. The van der Waals surface area contributed by atoms with Crippen molar-refractivity contribution in [3.05, 3.63) is 12.3 Å². The van der Waals surface area contributed by atoms with Crippen LogP contribution in [0.2, 0.25) is 0 Å². The lowest BCUT2D eigenvalue weighted by Crippen LogP contribution is -2.42. The standard InChI is InChI=1S/C12H18O2/c1-9-5-10(2)7-12(6-9)8-11(13)3-4-14-12/h3-4,9-10H,5-8H2,1-2H3. The average molecular weight is 194 g/mol. The summed E-state index contributed by atoms with van der Waals surface area (Å²) in [6.07, 6.45) is 7.06. The lowest BCUT2D eigenvalue weighted by Gasteiger charge is -2.42. The van der Waals surface area contributed by atoms with E-state index < -0.39 is 0 Å². The zero-order chi connectivity index (χ0) is 10.2. The quantitative estimate of drug-likeness (QED) is 0.592. The number of carbonyl (C=O) groups is 1. The van der Waals surface area contributed by atoms with E-state index in [9.17, 15) is 4.79 Å². The Labute approximate surface area is 85.3 Å². The van der Waals surface area contributed by atoms with Crippen LogP contribution in [0.25, 0.3) is 0 Å². The topological polar surface area (TPSA) is 26.3 Å². The molecule has 1 aliphatic heterocycles. The number of ketones is 1. The Bertz CT molecular complexity index is 257. The van der Waals surface area contributed by atoms with Crippen LogP contribution in [0.5, 0.6) is 0 Å². The van der Waals surface area contributed by atoms with Crippen LogP contribution in [0, 0.1) is 11.8 Å². The van der Waals surface area contributed by atoms with Gasteiger partial charge in [0.1, 0.15) is 5.60 Å². The van der Waals surface area contributed by atoms with Crippen molar-refractivity contribution in [3.8, 4) is 0 Å². The lowest BCUT2D eigenvalue weighted by molar-refractivity contribution is -0.126. The Hall–Kier alpha value is -0.790. The highest BCUT2D eigenvalue weighted by Gasteiger charge is 2.41. The fraction of sp³-hybridized carbons (Fsp3) is 0.750. The molecule has 2 unspecified atom stereocenters. The number of allylic oxidation sites excluding steroid dienone is 1. The number of hydrogen-bond donors (Lipinski definition) is 0. The van der Waals surface area contributed by atoms with E-state index in [0.717, 1.165) is 12.8 Å². The minimum atomic E-state index is -0.164. The van der Waals surface area contributed by atoms with E-state index in [1.54, 1.807) is 12.3 Å². The van der Waals surface area contributed by atoms with Crippen LogP contribution >= 0.6 is 0 Å². The second-order valence-corrected chi connectivity index (χ2v) is 5.10. The first-order chi connectivity index (χ1) is 6.60. The van der Waals surface area contributed by atoms with E-state index >= 15 is 0 Å². The highest BCUT2D eigenvalue weighted by atomic mass is 16.5. The smallest absolute Gasteiger partial charge is 0.162 e. The van der Waals surface area contributed by atoms with Gasteiger partial charge in [0, 0.05) is 6.08 Å². The molecule has 0 aromatic rings. The highest BCUT2D eigenvalue weighted by Crippen LogP contribution is 2.42. The molecule has 0 saturated heterocycles. The Morgan fingerprint density at radius 3 is 2.57 bits per heavy atom. The summed E-state index contributed by atoms with van der Waals surface area (Å²) in [7, 11) is 0. The van der Waals surface area contributed by atoms with E-state index in [4.69, 9.17) is 4.74 Å². The van der Waals surface area contributed by atoms with Gasteiger partial charge in [0.15, 0.2) is 5.78 Å². The van der Waals surface area contributed by atoms with Crippen molar-refractivity contribution in [2.24, 2.45) is 11.8 Å². The maximum absolute atomic E-state index is 11.4. The molecule has 0 amide bonds. The average Bonchev–Trinajstić information content (AvgIpc) is 1.99. The Morgan fingerprint density at radius 2 is 2.00 bits per heavy atom. The van der Waals surface area contributed by atoms with Gasteiger partial charge in [-0.05, 0) is 31.1 Å². The molecule has 2 nitrogen and oxygen atoms in total. The third-order valence-electron chi connectivity index (χ3n) is 3.31. The molecule has 1 fully saturated rings. The normalized spacial score (nSPS) is 42.6. The molecule has 1 heterocycles. The molecule has 0 N–H and O–H groups in total. The molecule has 0 aromatic heterocycles. The second-order valence-electron chi connectivity index (χ2n) is 5.10. The van der Waals surface area contributed by atoms with Gasteiger partial charge >= 0.3 is 0 Å². The van der Waals surface area contributed by atoms with Gasteiger partial charge in [-0.25, -0.2) is 0 Å². The van der Waals surface area contributed by atoms with Crippen LogP contribution in [0.3, 0.4) is 0 Å². The maximum Gasteiger partial charge on any atom is 0.162 e. The van der Waals surface area contributed by atoms with Crippen molar-refractivity contribution >= 4 is 5.78 Å². The summed E-state index contributed by atoms with van der Waals surface area (Å²) in [5.41, 5.74) is -0.164. The zero-order valence-electron chi connectivity index (χ0n) is 8.95. The molecule has 1 saturated carbocycles. The van der Waals surface area contributed by atoms with Crippen molar-refractivity contribution in [3.63, 3.8) is 0 Å². The summed E-state index contributed by atoms with van der Waals surface area (Å²) < 4.78 is 5.72. The molecule has 0 bridgehead atoms. The van der Waals surface area contributed by atoms with Crippen molar-refractivity contribution in [2.45, 2.75) is 45.1 Å². The van der Waals surface area contributed by atoms with E-state index in [0.29, 0.717) is 18.3 Å². The largest absolute Gasteiger partial charge is 0.494 e. The number of rotatable bonds is 0. The molecule has 0 radical (unpaired) electrons. The van der Waals surface area contributed by atoms with Gasteiger partial charge in [0.05, 0.1) is 12.7 Å². The van der Waals surface area contributed by atoms with E-state index in [1.807, 2.05) is 0 Å². The third-order valence-corrected chi connectivity index (χ3v) is 3.31. The molecule has 2 atom stereocenters. The van der Waals surface area contributed by atoms with Crippen molar-refractivity contribution in [2.75, 3.05) is 0 Å². The first-order valence-corrected chi connectivity index (χ1v) is 5.47. The highest BCUT2D eigenvalue weighted by molar-refractivity contribution is 5.90. The summed E-state index contributed by atoms with van der Waals surface area (Å²) in [6, 6.07) is 0. The Morgan fingerprint density at radius 1 is 1.36 bits per heavy atom. The van der Waals surface area contributed by atoms with Gasteiger partial charge < -0.3 is 4.74 Å². The molecule has 78 valence electrons. The van der Waals surface area contributed by atoms with Gasteiger partial charge in [-0.15, -0.1) is 0 Å². The molecule has 1 aliphatic carbocycles. The molecular formula is C12H18O2. The van der Waals surface area contributed by atoms with Gasteiger partial charge in [0.2, 0.25) is 0 Å². The van der Waals surface area contributed by atoms with Crippen LogP contribution < -0.4 is 0 Å². The van der Waals surface area contributed by atoms with Gasteiger partial charge in [-0.2, -0.15) is 0 Å². The van der Waals surface area contributed by atoms with Crippen LogP contribution in [-0.4, -0.2) is 11.4 Å². The fourth-order valence-corrected chi connectivity index (χ4v) is 3.12. The zero-order valence-corrected chi connectivity index (χ0v) is 8.95. The Balaban J connectivity index is 2.14. The van der Waals surface area contributed by atoms with Crippen LogP contribution in [-0.2, 0) is 9.53 Å². The minimum absolute atomic E-state index is 0.164. The fourth-order valence-electron chi connectivity index (χ4n) is 3.12. The summed E-state index contributed by atoms with van der Waals surface area (Å²) >= 11 is 0. The first kappa shape index (κ1) is 9.75. The minimum Gasteiger partial charge on any atom is -0.494 e. The van der Waals surface area contributed by atoms with Crippen molar-refractivity contribution in [1.29, 1.82) is 0 Å². The Kier molecular flexibility index (Phi) is 2.38. The van der Waals surface area contributed by atoms with Crippen LogP contribution in [0.15, 0.2) is 12.3 Å². The maximum atomic E-state index is 11.4. The summed E-state index contributed by atoms with van der Waals surface area (Å²) in [5, 5.41) is 0. The summed E-state index contributed by atoms with van der Waals surface area (Å²) in [5.74, 6) is 1.58. The molecular weight excluding hydrogens is 176 g/mol. The molecule has 2 rings (SSSR count). The van der Waals surface area contributed by atoms with E-state index in [-0.39, 0.29) is 11.4 Å². The van der Waals surface area contributed by atoms with Gasteiger partial charge in [-0.1, -0.05) is 13.8 Å². The third kappa shape index (κ3) is 1.84. The molecule has 0 aromatic carbocycles. The molecule has 2 aliphatic rings. The van der Waals surface area contributed by atoms with Crippen molar-refractivity contribution < 1.29 is 9.53 Å². The number of hydrogen-bond acceptors (Lipinski definition) is 2. The monoisotopic (exact) mass is 194 g/mol. The molecule has 1 spiro atoms. The van der Waals surface area contributed by atoms with E-state index in [2.05, 4.69) is 13.8 Å². The van der Waals surface area contributed by atoms with E-state index in [1.165, 1.54) is 6.42 Å². The summed E-state index contributed by atoms with van der Waals surface area (Å²) in [4.78, 5) is 11.4. The summed E-state index contributed by atoms with van der Waals surface area (Å²) in [6.45, 7) is 4.51. The number of carbonyl (C=O) groups excluding carboxylic acids is 1. The van der Waals surface area contributed by atoms with Gasteiger partial charge in [0.25, 0.3) is 0 Å². The second kappa shape index (κ2) is 3.41. The lowest BCUT2D eigenvalue weighted by atomic mass is 9.71. The van der Waals surface area contributed by atoms with Crippen LogP contribution in [0.1, 0.15) is 39.5 Å². The number of ether oxygens (including phenoxy) is 1. The predicted molar refractivity (Wildman–Crippen MR) is 54.8 cm³/mol. The molecule has 14 heavy (non-hydrogen) atoms. The molecule has 2 heteroatoms.